The third kappa shape index (κ3) is 9.31. The van der Waals surface area contributed by atoms with E-state index in [1.54, 1.807) is 48.5 Å². The highest BCUT2D eigenvalue weighted by molar-refractivity contribution is 6.10. The molecule has 5 N–H and O–H groups in total. The quantitative estimate of drug-likeness (QED) is 0.0702. The number of aromatic hydroxyl groups is 1. The van der Waals surface area contributed by atoms with Crippen LogP contribution < -0.4 is 26.1 Å². The lowest BCUT2D eigenvalue weighted by atomic mass is 9.89. The van der Waals surface area contributed by atoms with Crippen molar-refractivity contribution in [1.82, 2.24) is 25.8 Å². The number of ether oxygens (including phenoxy) is 1. The molecule has 1 aromatic heterocycles. The van der Waals surface area contributed by atoms with E-state index in [1.165, 1.54) is 60.8 Å². The number of likely N-dealkylation sites (tertiary alicyclic amines) is 1. The molecule has 5 aromatic rings. The first kappa shape index (κ1) is 43.9. The van der Waals surface area contributed by atoms with E-state index in [9.17, 15) is 53.0 Å². The van der Waals surface area contributed by atoms with Crippen molar-refractivity contribution in [1.29, 1.82) is 5.26 Å². The average molecular weight is 895 g/mol. The lowest BCUT2D eigenvalue weighted by Gasteiger charge is -2.19. The summed E-state index contributed by atoms with van der Waals surface area (Å²) in [5.74, 6) is -6.55. The molecule has 0 bridgehead atoms. The van der Waals surface area contributed by atoms with Crippen molar-refractivity contribution in [3.8, 4) is 51.1 Å². The summed E-state index contributed by atoms with van der Waals surface area (Å²) in [5, 5.41) is 38.0. The second-order valence-corrected chi connectivity index (χ2v) is 15.3. The van der Waals surface area contributed by atoms with Crippen LogP contribution in [0.1, 0.15) is 37.5 Å². The van der Waals surface area contributed by atoms with Gasteiger partial charge in [0, 0.05) is 52.2 Å². The molecule has 0 unspecified atom stereocenters. The van der Waals surface area contributed by atoms with Gasteiger partial charge in [-0.1, -0.05) is 18.2 Å². The minimum absolute atomic E-state index is 0.0537. The van der Waals surface area contributed by atoms with Crippen LogP contribution in [0.25, 0.3) is 55.4 Å². The highest BCUT2D eigenvalue weighted by Crippen LogP contribution is 2.42. The predicted octanol–water partition coefficient (Wildman–Crippen LogP) is 5.60. The number of carbonyl (C=O) groups is 5. The number of nitrogens with zero attached hydrogens (tertiary/aromatic N) is 3. The van der Waals surface area contributed by atoms with Gasteiger partial charge in [0.2, 0.25) is 11.8 Å². The van der Waals surface area contributed by atoms with Gasteiger partial charge in [0.1, 0.15) is 35.5 Å². The molecule has 1 atom stereocenters. The van der Waals surface area contributed by atoms with E-state index in [2.05, 4.69) is 20.9 Å². The van der Waals surface area contributed by atoms with Gasteiger partial charge in [0.05, 0.1) is 48.9 Å². The number of carbonyl (C=O) groups excluding carboxylic acids is 4. The lowest BCUT2D eigenvalue weighted by molar-refractivity contribution is -0.131. The molecule has 3 aliphatic rings. The maximum atomic E-state index is 13.8. The van der Waals surface area contributed by atoms with Gasteiger partial charge in [-0.15, -0.1) is 0 Å². The fourth-order valence-corrected chi connectivity index (χ4v) is 7.73. The number of aromatic carboxylic acids is 1. The van der Waals surface area contributed by atoms with E-state index in [-0.39, 0.29) is 57.9 Å². The second kappa shape index (κ2) is 18.2. The molecule has 66 heavy (non-hydrogen) atoms. The van der Waals surface area contributed by atoms with Gasteiger partial charge in [0.25, 0.3) is 17.7 Å². The summed E-state index contributed by atoms with van der Waals surface area (Å²) in [5.41, 5.74) is 2.83. The molecule has 8 rings (SSSR count). The van der Waals surface area contributed by atoms with E-state index in [0.29, 0.717) is 33.2 Å². The normalized spacial score (nSPS) is 14.1. The van der Waals surface area contributed by atoms with Crippen molar-refractivity contribution in [2.24, 2.45) is 0 Å². The molecule has 16 nitrogen and oxygen atoms in total. The number of hydrogen-bond acceptors (Lipinski definition) is 11. The number of rotatable bonds is 13. The maximum Gasteiger partial charge on any atom is 0.336 e. The first-order valence-electron chi connectivity index (χ1n) is 20.3. The molecule has 332 valence electrons. The minimum atomic E-state index is -3.18. The van der Waals surface area contributed by atoms with Crippen molar-refractivity contribution >= 4 is 51.5 Å². The fourth-order valence-electron chi connectivity index (χ4n) is 7.73. The Morgan fingerprint density at radius 1 is 0.833 bits per heavy atom. The van der Waals surface area contributed by atoms with Crippen LogP contribution in [0.2, 0.25) is 0 Å². The molecule has 1 aliphatic carbocycles. The minimum Gasteiger partial charge on any atom is -0.508 e. The Morgan fingerprint density at radius 2 is 1.61 bits per heavy atom. The van der Waals surface area contributed by atoms with Gasteiger partial charge in [-0.2, -0.15) is 5.26 Å². The Bertz CT molecular complexity index is 3170. The SMILES string of the molecule is N#C[C@@H]1CC(F)(F)CN1C(=O)CNC(=O)c1ccnc2ccc(-c3ccc(OCCNC(=O)CNC(=O)c4ccc(C(=O)O)c(-c5c6ccc(=O)cc-6oc6cc(O)ccc56)c4)cc3)cc12. The number of phenolic OH excluding ortho intramolecular Hbond substituents is 1. The molecule has 1 fully saturated rings. The summed E-state index contributed by atoms with van der Waals surface area (Å²) in [4.78, 5) is 81.5. The van der Waals surface area contributed by atoms with Crippen LogP contribution in [0.15, 0.2) is 119 Å². The number of phenols is 1. The predicted molar refractivity (Wildman–Crippen MR) is 234 cm³/mol. The number of fused-ring (bicyclic) bond motifs is 3. The molecular formula is C48H36F2N6O10. The molecule has 0 spiro atoms. The molecule has 1 saturated heterocycles. The lowest BCUT2D eigenvalue weighted by Crippen LogP contribution is -2.43. The van der Waals surface area contributed by atoms with E-state index in [0.717, 1.165) is 16.0 Å². The third-order valence-corrected chi connectivity index (χ3v) is 10.9. The third-order valence-electron chi connectivity index (χ3n) is 10.9. The van der Waals surface area contributed by atoms with E-state index in [1.807, 2.05) is 6.07 Å². The van der Waals surface area contributed by atoms with Crippen molar-refractivity contribution in [3.05, 3.63) is 136 Å². The maximum absolute atomic E-state index is 13.8. The standard InChI is InChI=1S/C48H36F2N6O10/c49-48(50)21-29(22-51)56(25-48)43(60)24-55-46(62)33-13-14-52-39-12-4-27(17-37(33)39)26-1-7-32(8-2-26)65-16-15-53-42(59)23-54-45(61)28-3-9-34(47(63)64)38(18-28)44-35-10-5-30(57)19-40(35)66-41-20-31(58)6-11-36(41)44/h1-14,17-20,29,57H,15-16,21,23-25H2,(H,53,59)(H,54,61)(H,55,62)(H,63,64)/t29-/m0/s1. The monoisotopic (exact) mass is 894 g/mol. The Kier molecular flexibility index (Phi) is 12.1. The Morgan fingerprint density at radius 3 is 2.38 bits per heavy atom. The largest absolute Gasteiger partial charge is 0.508 e. The van der Waals surface area contributed by atoms with Crippen molar-refractivity contribution < 1.29 is 52.1 Å². The van der Waals surface area contributed by atoms with Gasteiger partial charge in [-0.05, 0) is 89.5 Å². The van der Waals surface area contributed by atoms with Crippen molar-refractivity contribution in [3.63, 3.8) is 0 Å². The number of alkyl halides is 2. The number of benzene rings is 5. The summed E-state index contributed by atoms with van der Waals surface area (Å²) in [6.45, 7) is -1.70. The van der Waals surface area contributed by atoms with Crippen LogP contribution in [0.4, 0.5) is 8.78 Å². The number of hydrogen-bond donors (Lipinski definition) is 5. The fraction of sp³-hybridized carbons (Fsp3) is 0.167. The van der Waals surface area contributed by atoms with Gasteiger partial charge in [-0.25, -0.2) is 13.6 Å². The Balaban J connectivity index is 0.857. The number of nitriles is 1. The molecule has 4 amide bonds. The highest BCUT2D eigenvalue weighted by Gasteiger charge is 2.47. The molecule has 4 aromatic carbocycles. The topological polar surface area (TPSA) is 241 Å². The number of carboxylic acids is 1. The zero-order valence-corrected chi connectivity index (χ0v) is 34.5. The van der Waals surface area contributed by atoms with Crippen LogP contribution >= 0.6 is 0 Å². The zero-order valence-electron chi connectivity index (χ0n) is 34.5. The molecular weight excluding hydrogens is 859 g/mol. The highest BCUT2D eigenvalue weighted by atomic mass is 19.3. The van der Waals surface area contributed by atoms with Gasteiger partial charge in [0.15, 0.2) is 5.43 Å². The summed E-state index contributed by atoms with van der Waals surface area (Å²) >= 11 is 0. The van der Waals surface area contributed by atoms with Crippen LogP contribution in [0.3, 0.4) is 0 Å². The van der Waals surface area contributed by atoms with Crippen molar-refractivity contribution in [2.45, 2.75) is 18.4 Å². The number of carboxylic acid groups (broad SMARTS) is 1. The molecule has 0 saturated carbocycles. The van der Waals surface area contributed by atoms with Crippen LogP contribution in [0.5, 0.6) is 11.5 Å². The van der Waals surface area contributed by atoms with Gasteiger partial charge in [-0.3, -0.25) is 29.0 Å². The number of nitrogens with one attached hydrogen (secondary N) is 3. The Labute approximate surface area is 372 Å². The zero-order chi connectivity index (χ0) is 46.7. The first-order chi connectivity index (χ1) is 31.7. The number of aromatic nitrogens is 1. The first-order valence-corrected chi connectivity index (χ1v) is 20.3. The number of pyridine rings is 1. The summed E-state index contributed by atoms with van der Waals surface area (Å²) in [7, 11) is 0. The second-order valence-electron chi connectivity index (χ2n) is 15.3. The van der Waals surface area contributed by atoms with Gasteiger partial charge >= 0.3 is 5.97 Å². The van der Waals surface area contributed by atoms with E-state index in [4.69, 9.17) is 9.15 Å². The van der Waals surface area contributed by atoms with Crippen molar-refractivity contribution in [2.75, 3.05) is 32.8 Å². The summed E-state index contributed by atoms with van der Waals surface area (Å²) in [6.07, 6.45) is 0.675. The molecule has 2 aliphatic heterocycles. The number of amides is 4. The number of halogens is 2. The molecule has 18 heteroatoms. The summed E-state index contributed by atoms with van der Waals surface area (Å²) in [6, 6.07) is 26.5. The van der Waals surface area contributed by atoms with E-state index < -0.39 is 67.6 Å². The smallest absolute Gasteiger partial charge is 0.336 e. The molecule has 3 heterocycles. The Hall–Kier alpha value is -8.72. The molecule has 0 radical (unpaired) electrons. The van der Waals surface area contributed by atoms with Crippen LogP contribution in [-0.2, 0) is 9.59 Å². The van der Waals surface area contributed by atoms with E-state index >= 15 is 0 Å². The van der Waals surface area contributed by atoms with Crippen LogP contribution in [-0.4, -0.2) is 94.4 Å². The summed E-state index contributed by atoms with van der Waals surface area (Å²) < 4.78 is 39.4. The van der Waals surface area contributed by atoms with Gasteiger partial charge < -0.3 is 40.2 Å². The van der Waals surface area contributed by atoms with Crippen LogP contribution in [0, 0.1) is 11.3 Å². The average Bonchev–Trinajstić information content (AvgIpc) is 3.64.